The van der Waals surface area contributed by atoms with E-state index >= 15 is 0 Å². The minimum atomic E-state index is -0.991. The van der Waals surface area contributed by atoms with E-state index in [1.807, 2.05) is 25.1 Å². The van der Waals surface area contributed by atoms with Crippen LogP contribution in [-0.2, 0) is 6.42 Å². The van der Waals surface area contributed by atoms with Crippen molar-refractivity contribution in [3.05, 3.63) is 52.7 Å². The number of rotatable bonds is 2. The predicted molar refractivity (Wildman–Crippen MR) is 92.6 cm³/mol. The van der Waals surface area contributed by atoms with Crippen molar-refractivity contribution >= 4 is 27.4 Å². The lowest BCUT2D eigenvalue weighted by Crippen LogP contribution is -2.18. The topological polar surface area (TPSA) is 46.5 Å². The smallest absolute Gasteiger partial charge is 0.346 e. The summed E-state index contributed by atoms with van der Waals surface area (Å²) < 4.78 is 20.0. The van der Waals surface area contributed by atoms with Crippen LogP contribution < -0.4 is 4.74 Å². The molecule has 2 aromatic carbocycles. The largest absolute Gasteiger partial charge is 0.490 e. The van der Waals surface area contributed by atoms with Gasteiger partial charge in [-0.25, -0.2) is 9.18 Å². The Labute approximate surface area is 142 Å². The SMILES string of the molecule is C[C@H]1CCc2cc(-c3c(C(=O)O)sc4cc(F)ccc34)ccc2O1. The summed E-state index contributed by atoms with van der Waals surface area (Å²) in [4.78, 5) is 11.9. The Morgan fingerprint density at radius 3 is 2.92 bits per heavy atom. The molecule has 5 heteroatoms. The number of carboxylic acid groups (broad SMARTS) is 1. The Bertz CT molecular complexity index is 961. The highest BCUT2D eigenvalue weighted by Gasteiger charge is 2.22. The fourth-order valence-electron chi connectivity index (χ4n) is 3.19. The predicted octanol–water partition coefficient (Wildman–Crippen LogP) is 5.12. The summed E-state index contributed by atoms with van der Waals surface area (Å²) in [6, 6.07) is 10.2. The highest BCUT2D eigenvalue weighted by molar-refractivity contribution is 7.21. The molecule has 1 atom stereocenters. The third-order valence-corrected chi connectivity index (χ3v) is 5.48. The molecule has 0 aliphatic carbocycles. The van der Waals surface area contributed by atoms with Crippen LogP contribution in [0.15, 0.2) is 36.4 Å². The van der Waals surface area contributed by atoms with E-state index in [0.717, 1.165) is 46.4 Å². The van der Waals surface area contributed by atoms with Crippen LogP contribution in [0.25, 0.3) is 21.2 Å². The zero-order valence-corrected chi connectivity index (χ0v) is 13.8. The van der Waals surface area contributed by atoms with Crippen molar-refractivity contribution in [3.8, 4) is 16.9 Å². The molecule has 0 saturated heterocycles. The summed E-state index contributed by atoms with van der Waals surface area (Å²) in [7, 11) is 0. The number of hydrogen-bond donors (Lipinski definition) is 1. The van der Waals surface area contributed by atoms with Gasteiger partial charge in [0.1, 0.15) is 16.4 Å². The highest BCUT2D eigenvalue weighted by Crippen LogP contribution is 2.41. The van der Waals surface area contributed by atoms with E-state index in [4.69, 9.17) is 4.74 Å². The van der Waals surface area contributed by atoms with Crippen LogP contribution in [0, 0.1) is 5.82 Å². The van der Waals surface area contributed by atoms with Crippen LogP contribution in [0.3, 0.4) is 0 Å². The van der Waals surface area contributed by atoms with Gasteiger partial charge in [0, 0.05) is 15.6 Å². The summed E-state index contributed by atoms with van der Waals surface area (Å²) in [5.41, 5.74) is 2.58. The van der Waals surface area contributed by atoms with E-state index in [9.17, 15) is 14.3 Å². The molecule has 2 heterocycles. The molecule has 1 aromatic heterocycles. The van der Waals surface area contributed by atoms with Gasteiger partial charge in [0.2, 0.25) is 0 Å². The number of carboxylic acids is 1. The van der Waals surface area contributed by atoms with Crippen molar-refractivity contribution in [2.45, 2.75) is 25.9 Å². The van der Waals surface area contributed by atoms with E-state index in [1.54, 1.807) is 6.07 Å². The van der Waals surface area contributed by atoms with Gasteiger partial charge in [-0.3, -0.25) is 0 Å². The molecule has 3 nitrogen and oxygen atoms in total. The third-order valence-electron chi connectivity index (χ3n) is 4.34. The molecule has 0 bridgehead atoms. The van der Waals surface area contributed by atoms with Crippen LogP contribution in [-0.4, -0.2) is 17.2 Å². The standard InChI is InChI=1S/C19H15FO3S/c1-10-2-3-11-8-12(4-7-15(11)23-10)17-14-6-5-13(20)9-16(14)24-18(17)19(21)22/h4-10H,2-3H2,1H3,(H,21,22)/t10-/m0/s1. The molecule has 1 N–H and O–H groups in total. The van der Waals surface area contributed by atoms with Gasteiger partial charge in [-0.05, 0) is 61.2 Å². The van der Waals surface area contributed by atoms with Crippen LogP contribution in [0.4, 0.5) is 4.39 Å². The maximum Gasteiger partial charge on any atom is 0.346 e. The van der Waals surface area contributed by atoms with Crippen molar-refractivity contribution in [3.63, 3.8) is 0 Å². The molecule has 1 aliphatic heterocycles. The molecule has 0 unspecified atom stereocenters. The fourth-order valence-corrected chi connectivity index (χ4v) is 4.28. The number of ether oxygens (including phenoxy) is 1. The monoisotopic (exact) mass is 342 g/mol. The summed E-state index contributed by atoms with van der Waals surface area (Å²) >= 11 is 1.11. The number of fused-ring (bicyclic) bond motifs is 2. The maximum absolute atomic E-state index is 13.5. The quantitative estimate of drug-likeness (QED) is 0.703. The Kier molecular flexibility index (Phi) is 3.53. The van der Waals surface area contributed by atoms with Crippen molar-refractivity contribution in [2.24, 2.45) is 0 Å². The Morgan fingerprint density at radius 2 is 2.12 bits per heavy atom. The molecule has 0 fully saturated rings. The molecule has 1 aliphatic rings. The van der Waals surface area contributed by atoms with E-state index in [2.05, 4.69) is 0 Å². The molecule has 122 valence electrons. The minimum Gasteiger partial charge on any atom is -0.490 e. The average Bonchev–Trinajstić information content (AvgIpc) is 2.93. The number of halogens is 1. The second-order valence-electron chi connectivity index (χ2n) is 6.04. The lowest BCUT2D eigenvalue weighted by Gasteiger charge is -2.23. The van der Waals surface area contributed by atoms with Gasteiger partial charge < -0.3 is 9.84 Å². The molecule has 3 aromatic rings. The highest BCUT2D eigenvalue weighted by atomic mass is 32.1. The van der Waals surface area contributed by atoms with E-state index in [0.29, 0.717) is 10.3 Å². The molecule has 0 saturated carbocycles. The zero-order valence-electron chi connectivity index (χ0n) is 13.0. The molecular weight excluding hydrogens is 327 g/mol. The van der Waals surface area contributed by atoms with E-state index in [1.165, 1.54) is 12.1 Å². The molecule has 0 amide bonds. The zero-order chi connectivity index (χ0) is 16.8. The third kappa shape index (κ3) is 2.45. The van der Waals surface area contributed by atoms with Gasteiger partial charge in [-0.15, -0.1) is 11.3 Å². The molecule has 0 spiro atoms. The number of aromatic carboxylic acids is 1. The number of benzene rings is 2. The van der Waals surface area contributed by atoms with Gasteiger partial charge in [0.15, 0.2) is 0 Å². The Morgan fingerprint density at radius 1 is 1.29 bits per heavy atom. The Hall–Kier alpha value is -2.40. The van der Waals surface area contributed by atoms with Crippen LogP contribution in [0.1, 0.15) is 28.6 Å². The summed E-state index contributed by atoms with van der Waals surface area (Å²) in [5.74, 6) is -0.491. The van der Waals surface area contributed by atoms with Crippen LogP contribution in [0.2, 0.25) is 0 Å². The van der Waals surface area contributed by atoms with Gasteiger partial charge in [0.05, 0.1) is 6.10 Å². The fraction of sp³-hybridized carbons (Fsp3) is 0.211. The number of carbonyl (C=O) groups is 1. The van der Waals surface area contributed by atoms with E-state index in [-0.39, 0.29) is 16.8 Å². The van der Waals surface area contributed by atoms with Crippen LogP contribution >= 0.6 is 11.3 Å². The lowest BCUT2D eigenvalue weighted by molar-refractivity contribution is 0.0703. The lowest BCUT2D eigenvalue weighted by atomic mass is 9.96. The van der Waals surface area contributed by atoms with Gasteiger partial charge in [-0.2, -0.15) is 0 Å². The first-order valence-electron chi connectivity index (χ1n) is 7.78. The second-order valence-corrected chi connectivity index (χ2v) is 7.09. The van der Waals surface area contributed by atoms with Crippen molar-refractivity contribution in [1.82, 2.24) is 0 Å². The first-order valence-corrected chi connectivity index (χ1v) is 8.60. The molecule has 4 rings (SSSR count). The summed E-state index contributed by atoms with van der Waals surface area (Å²) in [5, 5.41) is 10.3. The molecular formula is C19H15FO3S. The average molecular weight is 342 g/mol. The number of aryl methyl sites for hydroxylation is 1. The van der Waals surface area contributed by atoms with E-state index < -0.39 is 5.97 Å². The Balaban J connectivity index is 1.93. The minimum absolute atomic E-state index is 0.197. The second kappa shape index (κ2) is 5.60. The normalized spacial score (nSPS) is 16.7. The number of thiophene rings is 1. The molecule has 0 radical (unpaired) electrons. The van der Waals surface area contributed by atoms with Gasteiger partial charge in [0.25, 0.3) is 0 Å². The van der Waals surface area contributed by atoms with Crippen molar-refractivity contribution in [2.75, 3.05) is 0 Å². The van der Waals surface area contributed by atoms with Crippen molar-refractivity contribution < 1.29 is 19.0 Å². The maximum atomic E-state index is 13.5. The summed E-state index contributed by atoms with van der Waals surface area (Å²) in [6.07, 6.45) is 2.05. The molecule has 24 heavy (non-hydrogen) atoms. The first-order chi connectivity index (χ1) is 11.5. The van der Waals surface area contributed by atoms with Gasteiger partial charge in [-0.1, -0.05) is 6.07 Å². The summed E-state index contributed by atoms with van der Waals surface area (Å²) in [6.45, 7) is 2.04. The van der Waals surface area contributed by atoms with Crippen molar-refractivity contribution in [1.29, 1.82) is 0 Å². The number of hydrogen-bond acceptors (Lipinski definition) is 3. The van der Waals surface area contributed by atoms with Gasteiger partial charge >= 0.3 is 5.97 Å². The first kappa shape index (κ1) is 15.1. The van der Waals surface area contributed by atoms with Crippen LogP contribution in [0.5, 0.6) is 5.75 Å².